The van der Waals surface area contributed by atoms with Crippen molar-refractivity contribution in [3.8, 4) is 0 Å². The van der Waals surface area contributed by atoms with Gasteiger partial charge in [0.25, 0.3) is 0 Å². The van der Waals surface area contributed by atoms with E-state index < -0.39 is 45.6 Å². The van der Waals surface area contributed by atoms with Gasteiger partial charge in [0.2, 0.25) is 35.4 Å². The molecule has 0 spiro atoms. The first-order chi connectivity index (χ1) is 15.3. The smallest absolute Gasteiger partial charge is 0.412 e. The maximum Gasteiger partial charge on any atom is 2.00 e. The molecule has 0 saturated carbocycles. The molecule has 0 aromatic heterocycles. The van der Waals surface area contributed by atoms with E-state index in [-0.39, 0.29) is 78.0 Å². The Morgan fingerprint density at radius 2 is 0.513 bits per heavy atom. The number of carbonyl (C=O) groups excluding carboxylic acids is 6. The minimum atomic E-state index is -1.75. The number of primary amides is 6. The van der Waals surface area contributed by atoms with Crippen molar-refractivity contribution in [3.63, 3.8) is 0 Å². The molecule has 0 aliphatic rings. The molecule has 0 aromatic rings. The standard InChI is InChI=1S/2C6H12N4O3.Co.2NO3.4H2O/c2*7-4(11)1-10(2-5(8)12)3-6(9)13;;2*2-1(3)4;;;;/h2*1-3H2,(H2,7,11)(H2,8,12)(H2,9,13);;;;4*1H2/q;;+2;2*-1;;;;. The molecule has 0 heterocycles. The van der Waals surface area contributed by atoms with E-state index in [0.717, 1.165) is 0 Å². The average Bonchev–Trinajstić information content (AvgIpc) is 2.49. The molecular weight excluding hydrogens is 599 g/mol. The van der Waals surface area contributed by atoms with Gasteiger partial charge in [-0.05, 0) is 0 Å². The summed E-state index contributed by atoms with van der Waals surface area (Å²) in [4.78, 5) is 81.5. The van der Waals surface area contributed by atoms with Gasteiger partial charge in [0.1, 0.15) is 0 Å². The van der Waals surface area contributed by atoms with Crippen LogP contribution in [0.15, 0.2) is 0 Å². The van der Waals surface area contributed by atoms with Crippen molar-refractivity contribution < 1.29 is 77.6 Å². The van der Waals surface area contributed by atoms with Crippen molar-refractivity contribution in [2.45, 2.75) is 0 Å². The average molecular weight is 631 g/mol. The molecule has 0 saturated heterocycles. The largest absolute Gasteiger partial charge is 2.00 e. The van der Waals surface area contributed by atoms with E-state index in [1.807, 2.05) is 0 Å². The fraction of sp³-hybridized carbons (Fsp3) is 0.500. The van der Waals surface area contributed by atoms with Crippen LogP contribution in [-0.4, -0.2) is 117 Å². The summed E-state index contributed by atoms with van der Waals surface area (Å²) in [7, 11) is 0. The van der Waals surface area contributed by atoms with E-state index in [0.29, 0.717) is 0 Å². The minimum absolute atomic E-state index is 0. The number of nitrogens with two attached hydrogens (primary N) is 6. The Kier molecular flexibility index (Phi) is 54.4. The number of hydrogen-bond donors (Lipinski definition) is 6. The van der Waals surface area contributed by atoms with Crippen LogP contribution < -0.4 is 34.4 Å². The molecule has 0 unspecified atom stereocenters. The third-order valence-electron chi connectivity index (χ3n) is 2.28. The molecule has 0 aliphatic carbocycles. The predicted molar refractivity (Wildman–Crippen MR) is 123 cm³/mol. The summed E-state index contributed by atoms with van der Waals surface area (Å²) in [5, 5.41) is 29.5. The molecule has 0 fully saturated rings. The van der Waals surface area contributed by atoms with Gasteiger partial charge in [-0.15, -0.1) is 0 Å². The van der Waals surface area contributed by atoms with E-state index in [9.17, 15) is 28.8 Å². The van der Waals surface area contributed by atoms with Crippen LogP contribution in [0, 0.1) is 30.6 Å². The summed E-state index contributed by atoms with van der Waals surface area (Å²) in [5.41, 5.74) is 29.2. The molecule has 6 amide bonds. The Labute approximate surface area is 227 Å². The van der Waals surface area contributed by atoms with Gasteiger partial charge in [0, 0.05) is 0 Å². The number of amides is 6. The van der Waals surface area contributed by atoms with E-state index >= 15 is 0 Å². The van der Waals surface area contributed by atoms with Gasteiger partial charge in [-0.1, -0.05) is 0 Å². The minimum Gasteiger partial charge on any atom is -0.412 e. The Balaban J connectivity index is -0.0000000469. The molecular formula is C12H32CoN10O16. The molecule has 0 bridgehead atoms. The van der Waals surface area contributed by atoms with Crippen molar-refractivity contribution in [1.29, 1.82) is 0 Å². The normalized spacial score (nSPS) is 7.85. The third-order valence-corrected chi connectivity index (χ3v) is 2.28. The van der Waals surface area contributed by atoms with Gasteiger partial charge in [0.15, 0.2) is 0 Å². The summed E-state index contributed by atoms with van der Waals surface area (Å²) in [6.45, 7) is -1.30. The summed E-state index contributed by atoms with van der Waals surface area (Å²) < 4.78 is 0. The number of carbonyl (C=O) groups is 6. The first-order valence-electron chi connectivity index (χ1n) is 8.07. The number of rotatable bonds is 12. The predicted octanol–water partition coefficient (Wildman–Crippen LogP) is -10.3. The van der Waals surface area contributed by atoms with Crippen LogP contribution in [0.3, 0.4) is 0 Å². The first-order valence-corrected chi connectivity index (χ1v) is 8.07. The van der Waals surface area contributed by atoms with Gasteiger partial charge in [-0.3, -0.25) is 38.6 Å². The van der Waals surface area contributed by atoms with Crippen LogP contribution in [-0.2, 0) is 45.5 Å². The monoisotopic (exact) mass is 631 g/mol. The number of nitrogens with zero attached hydrogens (tertiary/aromatic N) is 4. The van der Waals surface area contributed by atoms with Crippen molar-refractivity contribution in [2.24, 2.45) is 34.4 Å². The van der Waals surface area contributed by atoms with Gasteiger partial charge in [-0.2, -0.15) is 0 Å². The third kappa shape index (κ3) is 87.4. The summed E-state index contributed by atoms with van der Waals surface area (Å²) >= 11 is 0. The van der Waals surface area contributed by atoms with Crippen molar-refractivity contribution in [1.82, 2.24) is 9.80 Å². The second-order valence-electron chi connectivity index (χ2n) is 5.54. The van der Waals surface area contributed by atoms with Gasteiger partial charge >= 0.3 is 16.8 Å². The number of hydrogen-bond acceptors (Lipinski definition) is 14. The molecule has 1 radical (unpaired) electrons. The van der Waals surface area contributed by atoms with Gasteiger partial charge in [-0.25, -0.2) is 0 Å². The summed E-state index contributed by atoms with van der Waals surface area (Å²) in [5.74, 6) is -3.90. The molecule has 27 heteroatoms. The van der Waals surface area contributed by atoms with E-state index in [2.05, 4.69) is 0 Å². The zero-order valence-corrected chi connectivity index (χ0v) is 20.8. The van der Waals surface area contributed by atoms with Gasteiger partial charge in [0.05, 0.1) is 49.4 Å². The molecule has 0 rings (SSSR count). The fourth-order valence-electron chi connectivity index (χ4n) is 1.66. The molecule has 235 valence electrons. The molecule has 26 nitrogen and oxygen atoms in total. The summed E-state index contributed by atoms with van der Waals surface area (Å²) in [6.07, 6.45) is 0. The van der Waals surface area contributed by atoms with Crippen LogP contribution in [0.4, 0.5) is 0 Å². The van der Waals surface area contributed by atoms with Crippen LogP contribution in [0.25, 0.3) is 0 Å². The maximum atomic E-state index is 10.4. The Morgan fingerprint density at radius 1 is 0.436 bits per heavy atom. The van der Waals surface area contributed by atoms with E-state index in [1.54, 1.807) is 0 Å². The Hall–Kier alpha value is -4.51. The fourth-order valence-corrected chi connectivity index (χ4v) is 1.66. The van der Waals surface area contributed by atoms with Crippen LogP contribution in [0.2, 0.25) is 0 Å². The van der Waals surface area contributed by atoms with E-state index in [4.69, 9.17) is 65.0 Å². The molecule has 0 atom stereocenters. The van der Waals surface area contributed by atoms with Crippen LogP contribution in [0.1, 0.15) is 0 Å². The quantitative estimate of drug-likeness (QED) is 0.0860. The first kappa shape index (κ1) is 59.5. The topological polar surface area (TPSA) is 523 Å². The zero-order valence-electron chi connectivity index (χ0n) is 19.7. The van der Waals surface area contributed by atoms with Crippen molar-refractivity contribution in [2.75, 3.05) is 39.3 Å². The molecule has 0 aromatic carbocycles. The second kappa shape index (κ2) is 35.6. The van der Waals surface area contributed by atoms with Gasteiger partial charge < -0.3 is 86.9 Å². The van der Waals surface area contributed by atoms with Crippen molar-refractivity contribution >= 4 is 35.4 Å². The van der Waals surface area contributed by atoms with Crippen molar-refractivity contribution in [3.05, 3.63) is 30.6 Å². The Morgan fingerprint density at radius 3 is 0.564 bits per heavy atom. The molecule has 0 aliphatic heterocycles. The van der Waals surface area contributed by atoms with E-state index in [1.165, 1.54) is 9.80 Å². The maximum absolute atomic E-state index is 10.4. The zero-order chi connectivity index (χ0) is 28.0. The SMILES string of the molecule is NC(=O)CN(CC(N)=O)CC(N)=O.NC(=O)CN(CC(N)=O)CC(N)=O.O.O.O.O.O=[N+]([O-])[O-].O=[N+]([O-])[O-].[Co+2]. The molecule has 20 N–H and O–H groups in total. The second-order valence-corrected chi connectivity index (χ2v) is 5.54. The van der Waals surface area contributed by atoms with Crippen LogP contribution in [0.5, 0.6) is 0 Å². The Bertz CT molecular complexity index is 599. The molecule has 39 heavy (non-hydrogen) atoms. The summed E-state index contributed by atoms with van der Waals surface area (Å²) in [6, 6.07) is 0. The van der Waals surface area contributed by atoms with Crippen LogP contribution >= 0.6 is 0 Å².